The van der Waals surface area contributed by atoms with Gasteiger partial charge in [-0.25, -0.2) is 0 Å². The maximum absolute atomic E-state index is 12.9. The van der Waals surface area contributed by atoms with Crippen LogP contribution in [0.1, 0.15) is 310 Å². The van der Waals surface area contributed by atoms with E-state index in [1.807, 2.05) is 0 Å². The van der Waals surface area contributed by atoms with E-state index < -0.39 is 6.10 Å². The minimum Gasteiger partial charge on any atom is -0.462 e. The summed E-state index contributed by atoms with van der Waals surface area (Å²) in [4.78, 5) is 38.4. The van der Waals surface area contributed by atoms with Gasteiger partial charge in [0.2, 0.25) is 0 Å². The second-order valence-electron chi connectivity index (χ2n) is 22.3. The molecule has 0 spiro atoms. The van der Waals surface area contributed by atoms with Gasteiger partial charge in [-0.2, -0.15) is 0 Å². The lowest BCUT2D eigenvalue weighted by molar-refractivity contribution is -0.167. The van der Waals surface area contributed by atoms with Crippen molar-refractivity contribution in [1.82, 2.24) is 0 Å². The predicted octanol–water partition coefficient (Wildman–Crippen LogP) is 23.7. The Kier molecular flexibility index (Phi) is 65.3. The molecule has 6 heteroatoms. The molecule has 0 aromatic rings. The van der Waals surface area contributed by atoms with Crippen LogP contribution in [0.5, 0.6) is 0 Å². The molecule has 0 aromatic carbocycles. The van der Waals surface area contributed by atoms with Gasteiger partial charge in [-0.1, -0.05) is 309 Å². The third-order valence-electron chi connectivity index (χ3n) is 14.4. The van der Waals surface area contributed by atoms with Crippen LogP contribution in [0.15, 0.2) is 134 Å². The number of esters is 3. The lowest BCUT2D eigenvalue weighted by Gasteiger charge is -2.18. The molecule has 6 nitrogen and oxygen atoms in total. The van der Waals surface area contributed by atoms with Crippen LogP contribution in [0.4, 0.5) is 0 Å². The smallest absolute Gasteiger partial charge is 0.306 e. The van der Waals surface area contributed by atoms with Gasteiger partial charge in [0.1, 0.15) is 13.2 Å². The minimum absolute atomic E-state index is 0.0964. The number of allylic oxidation sites excluding steroid dienone is 22. The number of hydrogen-bond acceptors (Lipinski definition) is 6. The van der Waals surface area contributed by atoms with Gasteiger partial charge in [-0.05, 0) is 116 Å². The van der Waals surface area contributed by atoms with E-state index in [9.17, 15) is 14.4 Å². The number of carbonyl (C=O) groups excluding carboxylic acids is 3. The summed E-state index contributed by atoms with van der Waals surface area (Å²) in [5.74, 6) is -0.931. The van der Waals surface area contributed by atoms with Crippen molar-refractivity contribution in [3.8, 4) is 0 Å². The van der Waals surface area contributed by atoms with Crippen molar-refractivity contribution >= 4 is 17.9 Å². The molecule has 1 unspecified atom stereocenters. The number of rotatable bonds is 61. The first kappa shape index (κ1) is 77.5. The molecule has 0 aliphatic rings. The molecule has 466 valence electrons. The van der Waals surface area contributed by atoms with Crippen molar-refractivity contribution in [3.05, 3.63) is 134 Å². The zero-order chi connectivity index (χ0) is 59.2. The third-order valence-corrected chi connectivity index (χ3v) is 14.4. The van der Waals surface area contributed by atoms with Gasteiger partial charge < -0.3 is 14.2 Å². The predicted molar refractivity (Wildman–Crippen MR) is 357 cm³/mol. The van der Waals surface area contributed by atoms with E-state index >= 15 is 0 Å². The standard InChI is InChI=1S/C76H126O6/c1-4-7-10-13-16-19-22-25-27-29-31-33-34-35-36-37-38-39-40-41-42-43-45-46-48-51-54-57-60-63-66-69-75(78)81-72-73(71-80-74(77)68-65-62-59-56-53-50-24-21-18-15-12-9-6-3)82-76(79)70-67-64-61-58-55-52-49-47-44-32-30-28-26-23-20-17-14-11-8-5-2/h7,9-10,12,16,18-19,21,25,27,31,33,35-36,38-39,41-42,45-46,50,53,73H,4-6,8,11,13-15,17,20,22-24,26,28-30,32,34,37,40,43-44,47-49,51-52,54-72H2,1-3H3/b10-7-,12-9-,19-16-,21-18-,27-25-,33-31-,36-35-,39-38-,42-41-,46-45-,53-50-. The molecule has 0 saturated heterocycles. The zero-order valence-corrected chi connectivity index (χ0v) is 53.5. The van der Waals surface area contributed by atoms with Gasteiger partial charge >= 0.3 is 17.9 Å². The van der Waals surface area contributed by atoms with Crippen LogP contribution in [-0.4, -0.2) is 37.2 Å². The Labute approximate surface area is 506 Å². The summed E-state index contributed by atoms with van der Waals surface area (Å²) in [7, 11) is 0. The number of ether oxygens (including phenoxy) is 3. The first-order valence-corrected chi connectivity index (χ1v) is 34.2. The lowest BCUT2D eigenvalue weighted by Crippen LogP contribution is -2.30. The van der Waals surface area contributed by atoms with Gasteiger partial charge in [-0.3, -0.25) is 14.4 Å². The van der Waals surface area contributed by atoms with Crippen LogP contribution >= 0.6 is 0 Å². The summed E-state index contributed by atoms with van der Waals surface area (Å²) >= 11 is 0. The molecule has 0 rings (SSSR count). The molecule has 0 fully saturated rings. The van der Waals surface area contributed by atoms with Crippen LogP contribution in [0.25, 0.3) is 0 Å². The topological polar surface area (TPSA) is 78.9 Å². The summed E-state index contributed by atoms with van der Waals surface area (Å²) in [6.45, 7) is 6.40. The fourth-order valence-corrected chi connectivity index (χ4v) is 9.36. The second-order valence-corrected chi connectivity index (χ2v) is 22.3. The Morgan fingerprint density at radius 1 is 0.256 bits per heavy atom. The number of carbonyl (C=O) groups is 3. The zero-order valence-electron chi connectivity index (χ0n) is 53.5. The maximum Gasteiger partial charge on any atom is 0.306 e. The molecule has 0 saturated carbocycles. The first-order chi connectivity index (χ1) is 40.5. The van der Waals surface area contributed by atoms with Gasteiger partial charge in [0, 0.05) is 19.3 Å². The Balaban J connectivity index is 4.34. The van der Waals surface area contributed by atoms with Crippen molar-refractivity contribution in [2.24, 2.45) is 0 Å². The van der Waals surface area contributed by atoms with Crippen LogP contribution < -0.4 is 0 Å². The average Bonchev–Trinajstić information content (AvgIpc) is 3.47. The van der Waals surface area contributed by atoms with E-state index in [0.717, 1.165) is 148 Å². The summed E-state index contributed by atoms with van der Waals surface area (Å²) < 4.78 is 16.9. The van der Waals surface area contributed by atoms with Gasteiger partial charge in [0.05, 0.1) is 0 Å². The monoisotopic (exact) mass is 1130 g/mol. The molecular formula is C76H126O6. The average molecular weight is 1140 g/mol. The molecule has 0 heterocycles. The SMILES string of the molecule is CC/C=C\C/C=C\C/C=C\C/C=C\C/C=C\C/C=C\C/C=C\C/C=C\CCCCCCCCC(=O)OCC(COC(=O)CCCCC/C=C\C/C=C\C/C=C\CC)OC(=O)CCCCCCCCCCCCCCCCCCCCCC. The quantitative estimate of drug-likeness (QED) is 0.0261. The Morgan fingerprint density at radius 2 is 0.476 bits per heavy atom. The van der Waals surface area contributed by atoms with Crippen molar-refractivity contribution in [3.63, 3.8) is 0 Å². The Morgan fingerprint density at radius 3 is 0.756 bits per heavy atom. The van der Waals surface area contributed by atoms with E-state index in [2.05, 4.69) is 154 Å². The molecule has 82 heavy (non-hydrogen) atoms. The molecular weight excluding hydrogens is 1010 g/mol. The summed E-state index contributed by atoms with van der Waals surface area (Å²) in [6, 6.07) is 0. The van der Waals surface area contributed by atoms with E-state index in [-0.39, 0.29) is 31.1 Å². The third kappa shape index (κ3) is 66.4. The van der Waals surface area contributed by atoms with Crippen LogP contribution in [-0.2, 0) is 28.6 Å². The normalized spacial score (nSPS) is 13.0. The van der Waals surface area contributed by atoms with Crippen molar-refractivity contribution < 1.29 is 28.6 Å². The summed E-state index contributed by atoms with van der Waals surface area (Å²) in [6.07, 6.45) is 97.6. The lowest BCUT2D eigenvalue weighted by atomic mass is 10.0. The molecule has 0 amide bonds. The minimum atomic E-state index is -0.800. The second kappa shape index (κ2) is 69.0. The Hall–Kier alpha value is -4.45. The number of hydrogen-bond donors (Lipinski definition) is 0. The highest BCUT2D eigenvalue weighted by atomic mass is 16.6. The fourth-order valence-electron chi connectivity index (χ4n) is 9.36. The molecule has 0 N–H and O–H groups in total. The largest absolute Gasteiger partial charge is 0.462 e. The van der Waals surface area contributed by atoms with Gasteiger partial charge in [-0.15, -0.1) is 0 Å². The van der Waals surface area contributed by atoms with Gasteiger partial charge in [0.15, 0.2) is 6.10 Å². The van der Waals surface area contributed by atoms with E-state index in [1.54, 1.807) is 0 Å². The van der Waals surface area contributed by atoms with Gasteiger partial charge in [0.25, 0.3) is 0 Å². The molecule has 0 bridgehead atoms. The van der Waals surface area contributed by atoms with E-state index in [4.69, 9.17) is 14.2 Å². The fraction of sp³-hybridized carbons (Fsp3) is 0.671. The highest BCUT2D eigenvalue weighted by Crippen LogP contribution is 2.17. The highest BCUT2D eigenvalue weighted by Gasteiger charge is 2.19. The summed E-state index contributed by atoms with van der Waals surface area (Å²) in [5, 5.41) is 0. The van der Waals surface area contributed by atoms with Crippen molar-refractivity contribution in [2.75, 3.05) is 13.2 Å². The first-order valence-electron chi connectivity index (χ1n) is 34.2. The molecule has 0 aromatic heterocycles. The van der Waals surface area contributed by atoms with Crippen LogP contribution in [0.3, 0.4) is 0 Å². The van der Waals surface area contributed by atoms with Crippen molar-refractivity contribution in [2.45, 2.75) is 316 Å². The highest BCUT2D eigenvalue weighted by molar-refractivity contribution is 5.71. The Bertz CT molecular complexity index is 1730. The van der Waals surface area contributed by atoms with Crippen molar-refractivity contribution in [1.29, 1.82) is 0 Å². The molecule has 0 radical (unpaired) electrons. The number of unbranched alkanes of at least 4 members (excludes halogenated alkanes) is 28. The molecule has 0 aliphatic heterocycles. The van der Waals surface area contributed by atoms with E-state index in [1.165, 1.54) is 122 Å². The molecule has 1 atom stereocenters. The van der Waals surface area contributed by atoms with E-state index in [0.29, 0.717) is 19.3 Å². The van der Waals surface area contributed by atoms with Crippen LogP contribution in [0.2, 0.25) is 0 Å². The summed E-state index contributed by atoms with van der Waals surface area (Å²) in [5.41, 5.74) is 0. The van der Waals surface area contributed by atoms with Crippen LogP contribution in [0, 0.1) is 0 Å². The maximum atomic E-state index is 12.9. The molecule has 0 aliphatic carbocycles.